The van der Waals surface area contributed by atoms with Crippen molar-refractivity contribution >= 4 is 5.97 Å². The molecule has 0 saturated heterocycles. The Morgan fingerprint density at radius 1 is 1.13 bits per heavy atom. The van der Waals surface area contributed by atoms with Gasteiger partial charge in [-0.05, 0) is 0 Å². The Balaban J connectivity index is 2.98. The largest absolute Gasteiger partial charge is 0.499 e. The molecule has 0 amide bonds. The van der Waals surface area contributed by atoms with Crippen LogP contribution < -0.4 is 0 Å². The van der Waals surface area contributed by atoms with Gasteiger partial charge < -0.3 is 18.9 Å². The Bertz CT molecular complexity index is 169. The van der Waals surface area contributed by atoms with Crippen molar-refractivity contribution in [2.45, 2.75) is 6.42 Å². The number of carbonyl (C=O) groups excluding carboxylic acids is 1. The Kier molecular flexibility index (Phi) is 10.2. The van der Waals surface area contributed by atoms with Gasteiger partial charge in [0.05, 0.1) is 46.2 Å². The number of hydrogen-bond acceptors (Lipinski definition) is 5. The molecule has 0 aromatic heterocycles. The van der Waals surface area contributed by atoms with Crippen LogP contribution in [-0.4, -0.2) is 46.1 Å². The van der Waals surface area contributed by atoms with E-state index in [0.29, 0.717) is 33.0 Å². The molecule has 0 aliphatic rings. The number of ether oxygens (including phenoxy) is 4. The lowest BCUT2D eigenvalue weighted by Crippen LogP contribution is -2.11. The van der Waals surface area contributed by atoms with Crippen molar-refractivity contribution in [3.63, 3.8) is 0 Å². The van der Waals surface area contributed by atoms with Crippen molar-refractivity contribution in [1.82, 2.24) is 0 Å². The summed E-state index contributed by atoms with van der Waals surface area (Å²) < 4.78 is 19.6. The van der Waals surface area contributed by atoms with Gasteiger partial charge in [0.15, 0.2) is 0 Å². The predicted octanol–water partition coefficient (Wildman–Crippen LogP) is 0.743. The Morgan fingerprint density at radius 3 is 2.33 bits per heavy atom. The van der Waals surface area contributed by atoms with Gasteiger partial charge in [-0.15, -0.1) is 0 Å². The zero-order valence-electron chi connectivity index (χ0n) is 9.07. The van der Waals surface area contributed by atoms with E-state index < -0.39 is 0 Å². The highest BCUT2D eigenvalue weighted by molar-refractivity contribution is 5.69. The lowest BCUT2D eigenvalue weighted by Gasteiger charge is -2.05. The van der Waals surface area contributed by atoms with E-state index in [9.17, 15) is 4.79 Å². The van der Waals surface area contributed by atoms with Crippen LogP contribution in [0.1, 0.15) is 6.42 Å². The summed E-state index contributed by atoms with van der Waals surface area (Å²) in [4.78, 5) is 10.7. The first kappa shape index (κ1) is 13.9. The molecule has 0 heterocycles. The highest BCUT2D eigenvalue weighted by atomic mass is 16.5. The molecule has 0 aromatic carbocycles. The summed E-state index contributed by atoms with van der Waals surface area (Å²) in [6.07, 6.45) is 1.65. The molecule has 0 fully saturated rings. The summed E-state index contributed by atoms with van der Waals surface area (Å²) in [5, 5.41) is 0. The summed E-state index contributed by atoms with van der Waals surface area (Å²) in [6, 6.07) is 0. The van der Waals surface area contributed by atoms with Gasteiger partial charge in [-0.2, -0.15) is 0 Å². The maximum absolute atomic E-state index is 10.7. The molecular formula is C10H18O5. The summed E-state index contributed by atoms with van der Waals surface area (Å²) in [5.41, 5.74) is 0. The van der Waals surface area contributed by atoms with Crippen LogP contribution in [0, 0.1) is 0 Å². The van der Waals surface area contributed by atoms with Crippen LogP contribution in [-0.2, 0) is 23.7 Å². The standard InChI is InChI=1S/C10H18O5/c1-3-13-6-7-15-9-8-14-5-4-10(11)12-2/h3H,1,4-9H2,2H3. The van der Waals surface area contributed by atoms with Crippen molar-refractivity contribution in [3.05, 3.63) is 12.8 Å². The maximum Gasteiger partial charge on any atom is 0.307 e. The van der Waals surface area contributed by atoms with Crippen molar-refractivity contribution in [2.75, 3.05) is 40.1 Å². The molecule has 0 radical (unpaired) electrons. The quantitative estimate of drug-likeness (QED) is 0.307. The van der Waals surface area contributed by atoms with Crippen LogP contribution in [0.2, 0.25) is 0 Å². The zero-order valence-corrected chi connectivity index (χ0v) is 9.07. The molecule has 5 nitrogen and oxygen atoms in total. The normalized spacial score (nSPS) is 9.67. The fourth-order valence-electron chi connectivity index (χ4n) is 0.770. The van der Waals surface area contributed by atoms with Crippen molar-refractivity contribution in [1.29, 1.82) is 0 Å². The minimum absolute atomic E-state index is 0.268. The van der Waals surface area contributed by atoms with Gasteiger partial charge in [0.2, 0.25) is 0 Å². The number of carbonyl (C=O) groups is 1. The molecule has 0 aliphatic carbocycles. The van der Waals surface area contributed by atoms with Crippen LogP contribution >= 0.6 is 0 Å². The monoisotopic (exact) mass is 218 g/mol. The first-order chi connectivity index (χ1) is 7.31. The number of rotatable bonds is 10. The first-order valence-corrected chi connectivity index (χ1v) is 4.76. The molecule has 0 atom stereocenters. The smallest absolute Gasteiger partial charge is 0.307 e. The summed E-state index contributed by atoms with van der Waals surface area (Å²) in [7, 11) is 1.35. The van der Waals surface area contributed by atoms with Gasteiger partial charge >= 0.3 is 5.97 Å². The third-order valence-electron chi connectivity index (χ3n) is 1.51. The molecule has 0 unspecified atom stereocenters. The zero-order chi connectivity index (χ0) is 11.4. The summed E-state index contributed by atoms with van der Waals surface area (Å²) >= 11 is 0. The molecule has 0 N–H and O–H groups in total. The fourth-order valence-corrected chi connectivity index (χ4v) is 0.770. The Hall–Kier alpha value is -1.07. The number of methoxy groups -OCH3 is 1. The topological polar surface area (TPSA) is 54.0 Å². The molecule has 0 rings (SSSR count). The summed E-state index contributed by atoms with van der Waals surface area (Å²) in [5.74, 6) is -0.268. The first-order valence-electron chi connectivity index (χ1n) is 4.76. The van der Waals surface area contributed by atoms with Gasteiger partial charge in [-0.3, -0.25) is 4.79 Å². The van der Waals surface area contributed by atoms with Crippen molar-refractivity contribution in [3.8, 4) is 0 Å². The highest BCUT2D eigenvalue weighted by Crippen LogP contribution is 1.87. The van der Waals surface area contributed by atoms with Crippen molar-refractivity contribution in [2.24, 2.45) is 0 Å². The molecule has 5 heteroatoms. The van der Waals surface area contributed by atoms with Gasteiger partial charge in [-0.1, -0.05) is 6.58 Å². The van der Waals surface area contributed by atoms with E-state index in [-0.39, 0.29) is 12.4 Å². The molecule has 0 spiro atoms. The lowest BCUT2D eigenvalue weighted by molar-refractivity contribution is -0.141. The van der Waals surface area contributed by atoms with E-state index in [0.717, 1.165) is 0 Å². The lowest BCUT2D eigenvalue weighted by atomic mass is 10.5. The molecule has 0 aromatic rings. The SMILES string of the molecule is C=COCCOCCOCCC(=O)OC. The molecule has 0 aliphatic heterocycles. The predicted molar refractivity (Wildman–Crippen MR) is 54.4 cm³/mol. The van der Waals surface area contributed by atoms with E-state index in [2.05, 4.69) is 11.3 Å². The fraction of sp³-hybridized carbons (Fsp3) is 0.700. The molecular weight excluding hydrogens is 200 g/mol. The molecule has 15 heavy (non-hydrogen) atoms. The number of esters is 1. The third kappa shape index (κ3) is 10.9. The van der Waals surface area contributed by atoms with Crippen molar-refractivity contribution < 1.29 is 23.7 Å². The van der Waals surface area contributed by atoms with Gasteiger partial charge in [0.1, 0.15) is 6.61 Å². The third-order valence-corrected chi connectivity index (χ3v) is 1.51. The second kappa shape index (κ2) is 11.0. The van der Waals surface area contributed by atoms with Crippen LogP contribution in [0.15, 0.2) is 12.8 Å². The van der Waals surface area contributed by atoms with E-state index in [4.69, 9.17) is 14.2 Å². The van der Waals surface area contributed by atoms with Crippen LogP contribution in [0.5, 0.6) is 0 Å². The van der Waals surface area contributed by atoms with Crippen LogP contribution in [0.3, 0.4) is 0 Å². The van der Waals surface area contributed by atoms with E-state index in [1.54, 1.807) is 0 Å². The average molecular weight is 218 g/mol. The Morgan fingerprint density at radius 2 is 1.73 bits per heavy atom. The van der Waals surface area contributed by atoms with E-state index >= 15 is 0 Å². The van der Waals surface area contributed by atoms with E-state index in [1.807, 2.05) is 0 Å². The highest BCUT2D eigenvalue weighted by Gasteiger charge is 1.98. The molecule has 88 valence electrons. The second-order valence-electron chi connectivity index (χ2n) is 2.59. The minimum Gasteiger partial charge on any atom is -0.499 e. The van der Waals surface area contributed by atoms with Gasteiger partial charge in [0.25, 0.3) is 0 Å². The molecule has 0 bridgehead atoms. The van der Waals surface area contributed by atoms with Gasteiger partial charge in [0, 0.05) is 0 Å². The second-order valence-corrected chi connectivity index (χ2v) is 2.59. The summed E-state index contributed by atoms with van der Waals surface area (Å²) in [6.45, 7) is 5.71. The minimum atomic E-state index is -0.268. The van der Waals surface area contributed by atoms with Crippen LogP contribution in [0.25, 0.3) is 0 Å². The Labute approximate surface area is 89.9 Å². The van der Waals surface area contributed by atoms with Gasteiger partial charge in [-0.25, -0.2) is 0 Å². The van der Waals surface area contributed by atoms with E-state index in [1.165, 1.54) is 13.4 Å². The van der Waals surface area contributed by atoms with Crippen LogP contribution in [0.4, 0.5) is 0 Å². The number of hydrogen-bond donors (Lipinski definition) is 0. The average Bonchev–Trinajstić information content (AvgIpc) is 2.26. The molecule has 0 saturated carbocycles. The maximum atomic E-state index is 10.7.